The molecular weight excluding hydrogens is 518 g/mol. The molecule has 2 heterocycles. The quantitative estimate of drug-likeness (QED) is 0.591. The molecule has 1 saturated heterocycles. The number of hydrogen-bond acceptors (Lipinski definition) is 4. The topological polar surface area (TPSA) is 86.8 Å². The number of anilines is 1. The summed E-state index contributed by atoms with van der Waals surface area (Å²) in [5.74, 6) is -0.572. The van der Waals surface area contributed by atoms with Crippen LogP contribution in [0.5, 0.6) is 0 Å². The maximum atomic E-state index is 13.6. The summed E-state index contributed by atoms with van der Waals surface area (Å²) in [7, 11) is -3.85. The Bertz CT molecular complexity index is 1190. The molecule has 9 heteroatoms. The van der Waals surface area contributed by atoms with Gasteiger partial charge in [0.15, 0.2) is 0 Å². The van der Waals surface area contributed by atoms with Crippen molar-refractivity contribution in [2.75, 3.05) is 24.5 Å². The van der Waals surface area contributed by atoms with Crippen molar-refractivity contribution >= 4 is 43.5 Å². The molecule has 0 radical (unpaired) electrons. The number of carbonyl (C=O) groups is 2. The molecule has 1 N–H and O–H groups in total. The Morgan fingerprint density at radius 1 is 1.18 bits per heavy atom. The second-order valence-electron chi connectivity index (χ2n) is 8.90. The summed E-state index contributed by atoms with van der Waals surface area (Å²) < 4.78 is 29.1. The number of sulfonamides is 1. The Labute approximate surface area is 209 Å². The van der Waals surface area contributed by atoms with E-state index in [4.69, 9.17) is 0 Å². The van der Waals surface area contributed by atoms with Gasteiger partial charge in [0.2, 0.25) is 21.8 Å². The van der Waals surface area contributed by atoms with Gasteiger partial charge in [-0.25, -0.2) is 8.42 Å². The van der Waals surface area contributed by atoms with Crippen LogP contribution in [0.15, 0.2) is 51.8 Å². The van der Waals surface area contributed by atoms with Crippen LogP contribution in [0.25, 0.3) is 0 Å². The van der Waals surface area contributed by atoms with Crippen molar-refractivity contribution in [3.63, 3.8) is 0 Å². The smallest absolute Gasteiger partial charge is 0.244 e. The first kappa shape index (κ1) is 24.9. The van der Waals surface area contributed by atoms with Gasteiger partial charge >= 0.3 is 0 Å². The van der Waals surface area contributed by atoms with E-state index in [1.807, 2.05) is 37.3 Å². The molecule has 0 spiro atoms. The predicted molar refractivity (Wildman–Crippen MR) is 135 cm³/mol. The van der Waals surface area contributed by atoms with Crippen molar-refractivity contribution in [3.8, 4) is 0 Å². The minimum atomic E-state index is -3.85. The number of amides is 2. The lowest BCUT2D eigenvalue weighted by Crippen LogP contribution is -2.45. The molecule has 0 unspecified atom stereocenters. The molecule has 2 amide bonds. The normalized spacial score (nSPS) is 19.5. The molecule has 0 aliphatic carbocycles. The van der Waals surface area contributed by atoms with Gasteiger partial charge in [-0.15, -0.1) is 0 Å². The van der Waals surface area contributed by atoms with Crippen LogP contribution in [0.2, 0.25) is 0 Å². The minimum absolute atomic E-state index is 0.0216. The lowest BCUT2D eigenvalue weighted by Gasteiger charge is -2.32. The number of hydrogen-bond donors (Lipinski definition) is 1. The standard InChI is InChI=1S/C25H30BrN3O4S/c1-3-24(30)29-13-11-19-14-21(26)23(15-22(19)29)34(32,33)28-12-7-10-20(16-28)25(31)27-17(2)18-8-5-4-6-9-18/h4-6,8-9,14-15,17,20H,3,7,10-13,16H2,1-2H3,(H,27,31)/t17-,20+/m1/s1. The van der Waals surface area contributed by atoms with Gasteiger partial charge in [-0.1, -0.05) is 37.3 Å². The van der Waals surface area contributed by atoms with Crippen LogP contribution >= 0.6 is 15.9 Å². The number of halogens is 1. The summed E-state index contributed by atoms with van der Waals surface area (Å²) in [5, 5.41) is 3.03. The van der Waals surface area contributed by atoms with E-state index in [-0.39, 0.29) is 29.3 Å². The van der Waals surface area contributed by atoms with Gasteiger partial charge in [0.25, 0.3) is 0 Å². The van der Waals surface area contributed by atoms with Gasteiger partial charge in [0, 0.05) is 36.2 Å². The second-order valence-corrected chi connectivity index (χ2v) is 11.7. The fourth-order valence-corrected chi connectivity index (χ4v) is 7.30. The largest absolute Gasteiger partial charge is 0.349 e. The third-order valence-corrected chi connectivity index (χ3v) is 9.49. The fraction of sp³-hybridized carbons (Fsp3) is 0.440. The molecule has 0 saturated carbocycles. The highest BCUT2D eigenvalue weighted by Crippen LogP contribution is 2.37. The van der Waals surface area contributed by atoms with Crippen LogP contribution in [0, 0.1) is 5.92 Å². The average molecular weight is 549 g/mol. The van der Waals surface area contributed by atoms with Crippen LogP contribution in [0.3, 0.4) is 0 Å². The van der Waals surface area contributed by atoms with E-state index < -0.39 is 15.9 Å². The van der Waals surface area contributed by atoms with E-state index in [1.165, 1.54) is 4.31 Å². The zero-order valence-corrected chi connectivity index (χ0v) is 21.9. The molecule has 2 aliphatic rings. The zero-order chi connectivity index (χ0) is 24.5. The highest BCUT2D eigenvalue weighted by molar-refractivity contribution is 9.10. The summed E-state index contributed by atoms with van der Waals surface area (Å²) >= 11 is 3.44. The lowest BCUT2D eigenvalue weighted by atomic mass is 9.98. The summed E-state index contributed by atoms with van der Waals surface area (Å²) in [5.41, 5.74) is 2.62. The van der Waals surface area contributed by atoms with Crippen molar-refractivity contribution in [3.05, 3.63) is 58.1 Å². The Morgan fingerprint density at radius 2 is 1.91 bits per heavy atom. The highest BCUT2D eigenvalue weighted by atomic mass is 79.9. The van der Waals surface area contributed by atoms with E-state index in [1.54, 1.807) is 24.0 Å². The van der Waals surface area contributed by atoms with Crippen molar-refractivity contribution < 1.29 is 18.0 Å². The summed E-state index contributed by atoms with van der Waals surface area (Å²) in [4.78, 5) is 27.1. The van der Waals surface area contributed by atoms with Crippen molar-refractivity contribution in [2.24, 2.45) is 5.92 Å². The van der Waals surface area contributed by atoms with E-state index in [2.05, 4.69) is 21.2 Å². The summed E-state index contributed by atoms with van der Waals surface area (Å²) in [6.07, 6.45) is 2.32. The summed E-state index contributed by atoms with van der Waals surface area (Å²) in [6.45, 7) is 4.78. The maximum absolute atomic E-state index is 13.6. The molecule has 2 aromatic carbocycles. The number of benzene rings is 2. The van der Waals surface area contributed by atoms with Gasteiger partial charge in [-0.05, 0) is 65.4 Å². The van der Waals surface area contributed by atoms with Crippen LogP contribution in [0.1, 0.15) is 50.3 Å². The monoisotopic (exact) mass is 547 g/mol. The van der Waals surface area contributed by atoms with Gasteiger partial charge in [-0.3, -0.25) is 9.59 Å². The average Bonchev–Trinajstić information content (AvgIpc) is 3.26. The third-order valence-electron chi connectivity index (χ3n) is 6.66. The molecule has 2 atom stereocenters. The summed E-state index contributed by atoms with van der Waals surface area (Å²) in [6, 6.07) is 13.0. The number of nitrogens with one attached hydrogen (secondary N) is 1. The van der Waals surface area contributed by atoms with Crippen LogP contribution in [0.4, 0.5) is 5.69 Å². The molecule has 2 aliphatic heterocycles. The van der Waals surface area contributed by atoms with E-state index in [9.17, 15) is 18.0 Å². The molecule has 182 valence electrons. The van der Waals surface area contributed by atoms with Crippen LogP contribution < -0.4 is 10.2 Å². The van der Waals surface area contributed by atoms with Crippen LogP contribution in [-0.2, 0) is 26.0 Å². The van der Waals surface area contributed by atoms with Crippen molar-refractivity contribution in [1.82, 2.24) is 9.62 Å². The molecule has 0 bridgehead atoms. The van der Waals surface area contributed by atoms with Gasteiger partial charge < -0.3 is 10.2 Å². The maximum Gasteiger partial charge on any atom is 0.244 e. The molecule has 7 nitrogen and oxygen atoms in total. The first-order chi connectivity index (χ1) is 16.2. The minimum Gasteiger partial charge on any atom is -0.349 e. The molecule has 0 aromatic heterocycles. The molecular formula is C25H30BrN3O4S. The van der Waals surface area contributed by atoms with Gasteiger partial charge in [0.05, 0.1) is 16.9 Å². The SMILES string of the molecule is CCC(=O)N1CCc2cc(Br)c(S(=O)(=O)N3CCC[C@H](C(=O)N[C@H](C)c4ccccc4)C3)cc21. The van der Waals surface area contributed by atoms with Gasteiger partial charge in [0.1, 0.15) is 0 Å². The lowest BCUT2D eigenvalue weighted by molar-refractivity contribution is -0.126. The first-order valence-corrected chi connectivity index (χ1v) is 13.9. The molecule has 2 aromatic rings. The highest BCUT2D eigenvalue weighted by Gasteiger charge is 2.36. The third kappa shape index (κ3) is 4.92. The first-order valence-electron chi connectivity index (χ1n) is 11.7. The number of fused-ring (bicyclic) bond motifs is 1. The Morgan fingerprint density at radius 3 is 2.62 bits per heavy atom. The van der Waals surface area contributed by atoms with Crippen molar-refractivity contribution in [1.29, 1.82) is 0 Å². The number of rotatable bonds is 6. The molecule has 34 heavy (non-hydrogen) atoms. The van der Waals surface area contributed by atoms with Crippen LogP contribution in [-0.4, -0.2) is 44.2 Å². The molecule has 1 fully saturated rings. The zero-order valence-electron chi connectivity index (χ0n) is 19.5. The number of carbonyl (C=O) groups excluding carboxylic acids is 2. The Hall–Kier alpha value is -2.23. The Kier molecular flexibility index (Phi) is 7.45. The number of piperidine rings is 1. The van der Waals surface area contributed by atoms with Gasteiger partial charge in [-0.2, -0.15) is 4.31 Å². The van der Waals surface area contributed by atoms with E-state index in [0.29, 0.717) is 48.9 Å². The van der Waals surface area contributed by atoms with E-state index in [0.717, 1.165) is 11.1 Å². The van der Waals surface area contributed by atoms with E-state index >= 15 is 0 Å². The van der Waals surface area contributed by atoms with Crippen molar-refractivity contribution in [2.45, 2.75) is 50.5 Å². The predicted octanol–water partition coefficient (Wildman–Crippen LogP) is 4.03. The number of nitrogens with zero attached hydrogens (tertiary/aromatic N) is 2. The molecule has 4 rings (SSSR count). The fourth-order valence-electron chi connectivity index (χ4n) is 4.71. The Balaban J connectivity index is 1.53. The second kappa shape index (κ2) is 10.2.